The molecule has 2 aromatic rings. The SMILES string of the molecule is CN(c1ncnc2[nH]ccc12)C1CCN(C(=O)OC(C)(C)C)CC1. The molecule has 1 saturated heterocycles. The number of carbonyl (C=O) groups excluding carboxylic acids is 1. The first-order valence-electron chi connectivity index (χ1n) is 8.34. The van der Waals surface area contributed by atoms with E-state index in [1.165, 1.54) is 0 Å². The van der Waals surface area contributed by atoms with Gasteiger partial charge in [-0.15, -0.1) is 0 Å². The van der Waals surface area contributed by atoms with E-state index in [0.29, 0.717) is 19.1 Å². The molecule has 0 bridgehead atoms. The van der Waals surface area contributed by atoms with Crippen LogP contribution in [0.3, 0.4) is 0 Å². The summed E-state index contributed by atoms with van der Waals surface area (Å²) in [7, 11) is 2.06. The molecule has 2 aromatic heterocycles. The van der Waals surface area contributed by atoms with Gasteiger partial charge in [-0.25, -0.2) is 14.8 Å². The van der Waals surface area contributed by atoms with Crippen molar-refractivity contribution in [1.82, 2.24) is 19.9 Å². The predicted molar refractivity (Wildman–Crippen MR) is 93.1 cm³/mol. The maximum absolute atomic E-state index is 12.2. The second kappa shape index (κ2) is 6.30. The Morgan fingerprint density at radius 1 is 1.33 bits per heavy atom. The number of hydrogen-bond donors (Lipinski definition) is 1. The molecule has 0 radical (unpaired) electrons. The van der Waals surface area contributed by atoms with Crippen molar-refractivity contribution in [2.75, 3.05) is 25.0 Å². The van der Waals surface area contributed by atoms with Crippen LogP contribution >= 0.6 is 0 Å². The molecule has 7 heteroatoms. The van der Waals surface area contributed by atoms with Crippen molar-refractivity contribution < 1.29 is 9.53 Å². The van der Waals surface area contributed by atoms with Gasteiger partial charge in [0.2, 0.25) is 0 Å². The second-order valence-electron chi connectivity index (χ2n) is 7.25. The third kappa shape index (κ3) is 3.44. The number of nitrogens with one attached hydrogen (secondary N) is 1. The molecule has 0 aliphatic carbocycles. The number of rotatable bonds is 2. The zero-order valence-corrected chi connectivity index (χ0v) is 14.7. The fourth-order valence-corrected chi connectivity index (χ4v) is 3.07. The molecule has 0 atom stereocenters. The van der Waals surface area contributed by atoms with Crippen LogP contribution in [0, 0.1) is 0 Å². The van der Waals surface area contributed by atoms with Crippen LogP contribution < -0.4 is 4.90 Å². The van der Waals surface area contributed by atoms with Gasteiger partial charge in [-0.05, 0) is 39.7 Å². The highest BCUT2D eigenvalue weighted by Gasteiger charge is 2.29. The van der Waals surface area contributed by atoms with E-state index in [2.05, 4.69) is 26.9 Å². The number of hydrogen-bond acceptors (Lipinski definition) is 5. The van der Waals surface area contributed by atoms with Crippen LogP contribution in [-0.4, -0.2) is 57.7 Å². The van der Waals surface area contributed by atoms with E-state index in [1.807, 2.05) is 33.0 Å². The minimum absolute atomic E-state index is 0.223. The fraction of sp³-hybridized carbons (Fsp3) is 0.588. The Bertz CT molecular complexity index is 713. The fourth-order valence-electron chi connectivity index (χ4n) is 3.07. The first-order valence-corrected chi connectivity index (χ1v) is 8.34. The molecule has 3 heterocycles. The van der Waals surface area contributed by atoms with E-state index < -0.39 is 5.60 Å². The van der Waals surface area contributed by atoms with E-state index in [9.17, 15) is 4.79 Å². The second-order valence-corrected chi connectivity index (χ2v) is 7.25. The van der Waals surface area contributed by atoms with Gasteiger partial charge >= 0.3 is 6.09 Å². The third-order valence-electron chi connectivity index (χ3n) is 4.33. The average molecular weight is 331 g/mol. The number of nitrogens with zero attached hydrogens (tertiary/aromatic N) is 4. The van der Waals surface area contributed by atoms with Gasteiger partial charge in [-0.3, -0.25) is 0 Å². The summed E-state index contributed by atoms with van der Waals surface area (Å²) in [5.41, 5.74) is 0.393. The number of ether oxygens (including phenoxy) is 1. The Labute approximate surface area is 142 Å². The third-order valence-corrected chi connectivity index (χ3v) is 4.33. The highest BCUT2D eigenvalue weighted by molar-refractivity contribution is 5.87. The van der Waals surface area contributed by atoms with Crippen LogP contribution in [0.25, 0.3) is 11.0 Å². The van der Waals surface area contributed by atoms with Crippen molar-refractivity contribution in [3.05, 3.63) is 18.6 Å². The Morgan fingerprint density at radius 2 is 2.04 bits per heavy atom. The average Bonchev–Trinajstić information content (AvgIpc) is 3.01. The lowest BCUT2D eigenvalue weighted by Crippen LogP contribution is -2.47. The summed E-state index contributed by atoms with van der Waals surface area (Å²) in [5.74, 6) is 0.928. The number of aromatic amines is 1. The number of amides is 1. The van der Waals surface area contributed by atoms with Crippen LogP contribution in [-0.2, 0) is 4.74 Å². The summed E-state index contributed by atoms with van der Waals surface area (Å²) in [6, 6.07) is 2.34. The lowest BCUT2D eigenvalue weighted by atomic mass is 10.0. The Morgan fingerprint density at radius 3 is 2.71 bits per heavy atom. The Balaban J connectivity index is 1.64. The summed E-state index contributed by atoms with van der Waals surface area (Å²) >= 11 is 0. The summed E-state index contributed by atoms with van der Waals surface area (Å²) in [5, 5.41) is 1.02. The van der Waals surface area contributed by atoms with Gasteiger partial charge in [-0.2, -0.15) is 0 Å². The van der Waals surface area contributed by atoms with Gasteiger partial charge in [0, 0.05) is 32.4 Å². The molecule has 1 aliphatic rings. The highest BCUT2D eigenvalue weighted by Crippen LogP contribution is 2.26. The topological polar surface area (TPSA) is 74.4 Å². The van der Waals surface area contributed by atoms with Crippen molar-refractivity contribution in [3.8, 4) is 0 Å². The van der Waals surface area contributed by atoms with Crippen molar-refractivity contribution in [3.63, 3.8) is 0 Å². The van der Waals surface area contributed by atoms with Gasteiger partial charge < -0.3 is 19.5 Å². The number of anilines is 1. The van der Waals surface area contributed by atoms with E-state index in [0.717, 1.165) is 29.7 Å². The summed E-state index contributed by atoms with van der Waals surface area (Å²) in [6.07, 6.45) is 5.03. The lowest BCUT2D eigenvalue weighted by molar-refractivity contribution is 0.0205. The summed E-state index contributed by atoms with van der Waals surface area (Å²) in [4.78, 5) is 28.0. The predicted octanol–water partition coefficient (Wildman–Crippen LogP) is 2.79. The van der Waals surface area contributed by atoms with E-state index in [-0.39, 0.29) is 6.09 Å². The Hall–Kier alpha value is -2.31. The monoisotopic (exact) mass is 331 g/mol. The smallest absolute Gasteiger partial charge is 0.410 e. The van der Waals surface area contributed by atoms with Crippen LogP contribution in [0.5, 0.6) is 0 Å². The summed E-state index contributed by atoms with van der Waals surface area (Å²) in [6.45, 7) is 7.07. The number of fused-ring (bicyclic) bond motifs is 1. The van der Waals surface area contributed by atoms with Crippen LogP contribution in [0.15, 0.2) is 18.6 Å². The molecule has 0 unspecified atom stereocenters. The minimum Gasteiger partial charge on any atom is -0.444 e. The standard InChI is InChI=1S/C17H25N5O2/c1-17(2,3)24-16(23)22-9-6-12(7-10-22)21(4)15-13-5-8-18-14(13)19-11-20-15/h5,8,11-12H,6-7,9-10H2,1-4H3,(H,18,19,20). The molecule has 7 nitrogen and oxygen atoms in total. The number of piperidine rings is 1. The van der Waals surface area contributed by atoms with Crippen molar-refractivity contribution in [2.45, 2.75) is 45.3 Å². The number of likely N-dealkylation sites (tertiary alicyclic amines) is 1. The molecule has 130 valence electrons. The van der Waals surface area contributed by atoms with Crippen molar-refractivity contribution in [2.24, 2.45) is 0 Å². The van der Waals surface area contributed by atoms with Crippen LogP contribution in [0.2, 0.25) is 0 Å². The normalized spacial score (nSPS) is 16.4. The number of carbonyl (C=O) groups is 1. The molecule has 1 amide bonds. The highest BCUT2D eigenvalue weighted by atomic mass is 16.6. The molecular formula is C17H25N5O2. The quantitative estimate of drug-likeness (QED) is 0.916. The maximum atomic E-state index is 12.2. The molecular weight excluding hydrogens is 306 g/mol. The summed E-state index contributed by atoms with van der Waals surface area (Å²) < 4.78 is 5.45. The molecule has 1 fully saturated rings. The first kappa shape index (κ1) is 16.5. The maximum Gasteiger partial charge on any atom is 0.410 e. The van der Waals surface area contributed by atoms with E-state index in [4.69, 9.17) is 4.74 Å². The minimum atomic E-state index is -0.453. The molecule has 1 aliphatic heterocycles. The van der Waals surface area contributed by atoms with Crippen molar-refractivity contribution >= 4 is 22.9 Å². The molecule has 0 aromatic carbocycles. The lowest BCUT2D eigenvalue weighted by Gasteiger charge is -2.37. The van der Waals surface area contributed by atoms with E-state index in [1.54, 1.807) is 11.2 Å². The van der Waals surface area contributed by atoms with Crippen LogP contribution in [0.1, 0.15) is 33.6 Å². The van der Waals surface area contributed by atoms with Crippen LogP contribution in [0.4, 0.5) is 10.6 Å². The van der Waals surface area contributed by atoms with Gasteiger partial charge in [0.05, 0.1) is 5.39 Å². The molecule has 24 heavy (non-hydrogen) atoms. The molecule has 0 spiro atoms. The molecule has 1 N–H and O–H groups in total. The van der Waals surface area contributed by atoms with Gasteiger partial charge in [-0.1, -0.05) is 0 Å². The Kier molecular flexibility index (Phi) is 4.34. The molecule has 3 rings (SSSR count). The first-order chi connectivity index (χ1) is 11.3. The zero-order valence-electron chi connectivity index (χ0n) is 14.7. The van der Waals surface area contributed by atoms with Crippen molar-refractivity contribution in [1.29, 1.82) is 0 Å². The van der Waals surface area contributed by atoms with Gasteiger partial charge in [0.1, 0.15) is 23.4 Å². The van der Waals surface area contributed by atoms with E-state index >= 15 is 0 Å². The number of H-pyrrole nitrogens is 1. The number of aromatic nitrogens is 3. The largest absolute Gasteiger partial charge is 0.444 e. The molecule has 0 saturated carbocycles. The zero-order chi connectivity index (χ0) is 17.3. The van der Waals surface area contributed by atoms with Gasteiger partial charge in [0.15, 0.2) is 0 Å². The van der Waals surface area contributed by atoms with Gasteiger partial charge in [0.25, 0.3) is 0 Å².